The largest absolute Gasteiger partial charge is 0.308 e. The van der Waals surface area contributed by atoms with Gasteiger partial charge in [0.05, 0.1) is 76.6 Å². The molecule has 472 valence electrons. The van der Waals surface area contributed by atoms with Gasteiger partial charge in [0.25, 0.3) is 0 Å². The maximum absolute atomic E-state index is 5.88. The zero-order valence-electron chi connectivity index (χ0n) is 54.9. The molecule has 0 saturated carbocycles. The van der Waals surface area contributed by atoms with Crippen LogP contribution in [0.4, 0.5) is 0 Å². The number of para-hydroxylation sites is 5. The summed E-state index contributed by atoms with van der Waals surface area (Å²) in [7, 11) is 0. The van der Waals surface area contributed by atoms with Gasteiger partial charge in [-0.05, 0) is 139 Å². The first-order valence-electron chi connectivity index (χ1n) is 35.2. The Hall–Kier alpha value is -13.6. The molecule has 0 N–H and O–H groups in total. The first kappa shape index (κ1) is 54.3. The lowest BCUT2D eigenvalue weighted by molar-refractivity contribution is 1.02. The van der Waals surface area contributed by atoms with Crippen LogP contribution >= 0.6 is 11.3 Å². The van der Waals surface area contributed by atoms with Crippen LogP contribution in [0.2, 0.25) is 0 Å². The van der Waals surface area contributed by atoms with Crippen LogP contribution in [0, 0.1) is 0 Å². The molecule has 25 rings (SSSR count). The highest BCUT2D eigenvalue weighted by atomic mass is 32.1. The van der Waals surface area contributed by atoms with Crippen molar-refractivity contribution in [3.8, 4) is 45.5 Å². The predicted octanol–water partition coefficient (Wildman–Crippen LogP) is 24.9. The average molecular weight is 1320 g/mol. The third-order valence-electron chi connectivity index (χ3n) is 22.7. The minimum absolute atomic E-state index is 0.660. The average Bonchev–Trinajstić information content (AvgIpc) is 1.52. The van der Waals surface area contributed by atoms with Crippen molar-refractivity contribution in [2.24, 2.45) is 0 Å². The van der Waals surface area contributed by atoms with Crippen LogP contribution in [0.15, 0.2) is 303 Å². The molecular formula is C94H50N8S. The van der Waals surface area contributed by atoms with Gasteiger partial charge < -0.3 is 8.80 Å². The van der Waals surface area contributed by atoms with Crippen molar-refractivity contribution in [3.63, 3.8) is 0 Å². The highest BCUT2D eigenvalue weighted by Gasteiger charge is 2.30. The van der Waals surface area contributed by atoms with E-state index in [2.05, 4.69) is 321 Å². The minimum Gasteiger partial charge on any atom is -0.308 e. The fourth-order valence-corrected chi connectivity index (χ4v) is 19.7. The quantitative estimate of drug-likeness (QED) is 0.161. The summed E-state index contributed by atoms with van der Waals surface area (Å²) in [6, 6.07) is 112. The van der Waals surface area contributed by atoms with Crippen molar-refractivity contribution in [2.75, 3.05) is 0 Å². The van der Waals surface area contributed by atoms with Gasteiger partial charge in [0.1, 0.15) is 5.82 Å². The second-order valence-electron chi connectivity index (χ2n) is 27.9. The van der Waals surface area contributed by atoms with E-state index in [0.717, 1.165) is 104 Å². The molecule has 0 aliphatic rings. The van der Waals surface area contributed by atoms with E-state index >= 15 is 0 Å². The monoisotopic (exact) mass is 1320 g/mol. The van der Waals surface area contributed by atoms with Gasteiger partial charge >= 0.3 is 0 Å². The third kappa shape index (κ3) is 7.03. The van der Waals surface area contributed by atoms with Crippen LogP contribution in [0.5, 0.6) is 0 Å². The molecule has 9 heteroatoms. The molecular weight excluding hydrogens is 1270 g/mol. The molecule has 0 unspecified atom stereocenters. The summed E-state index contributed by atoms with van der Waals surface area (Å²) in [5, 5.41) is 26.1. The number of fused-ring (bicyclic) bond motifs is 31. The molecule has 0 radical (unpaired) electrons. The second kappa shape index (κ2) is 19.6. The van der Waals surface area contributed by atoms with E-state index in [1.165, 1.54) is 124 Å². The van der Waals surface area contributed by atoms with Crippen molar-refractivity contribution in [2.45, 2.75) is 0 Å². The lowest BCUT2D eigenvalue weighted by Gasteiger charge is -2.16. The summed E-state index contributed by atoms with van der Waals surface area (Å²) in [6.45, 7) is 0. The maximum atomic E-state index is 5.88. The zero-order valence-corrected chi connectivity index (χ0v) is 55.7. The molecule has 9 aromatic heterocycles. The Morgan fingerprint density at radius 1 is 0.262 bits per heavy atom. The van der Waals surface area contributed by atoms with E-state index in [9.17, 15) is 0 Å². The first-order valence-corrected chi connectivity index (χ1v) is 36.0. The highest BCUT2D eigenvalue weighted by molar-refractivity contribution is 7.26. The number of aromatic nitrogens is 8. The molecule has 103 heavy (non-hydrogen) atoms. The van der Waals surface area contributed by atoms with Crippen LogP contribution < -0.4 is 0 Å². The molecule has 0 spiro atoms. The Bertz CT molecular complexity index is 8130. The molecule has 0 saturated heterocycles. The Kier molecular flexibility index (Phi) is 10.4. The van der Waals surface area contributed by atoms with Gasteiger partial charge in [0, 0.05) is 91.2 Å². The smallest absolute Gasteiger partial charge is 0.235 e. The van der Waals surface area contributed by atoms with Crippen molar-refractivity contribution < 1.29 is 0 Å². The van der Waals surface area contributed by atoms with Crippen molar-refractivity contribution in [3.05, 3.63) is 303 Å². The third-order valence-corrected chi connectivity index (χ3v) is 23.9. The standard InChI is InChI=1S/C94H50N8S/c1-2-21-52(22-3-1)85-91-86(66-31-13-19-37-80(66)103-91)97-94(96-85)102-75-34-16-10-27-62(75)69-50-72-82-59-42-38-53(46-56(59)41-45-79(82)100-77-36-18-12-30-65(77)84(88(69)102)90(72)100)54-39-43-60-67(47-54)57-24-6-5-23-55(57)48-70(60)92-95-73-32-14-8-28-63(73)93(98-92)101-74-33-15-9-26-61(74)68-49-71-81-58-25-7-4-20-51(58)40-44-78(81)99-76-35-17-11-29-64(76)83(87(68)101)89(71)99/h1-50H. The topological polar surface area (TPSA) is 70.2 Å². The maximum Gasteiger partial charge on any atom is 0.235 e. The number of rotatable bonds is 5. The van der Waals surface area contributed by atoms with Crippen LogP contribution in [0.3, 0.4) is 0 Å². The number of hydrogen-bond acceptors (Lipinski definition) is 5. The summed E-state index contributed by atoms with van der Waals surface area (Å²) in [6.07, 6.45) is 0. The number of thiophene rings is 1. The SMILES string of the molecule is c1ccc(-c2nc(-n3c4ccccc4c4cc5c6c7ccc(-c8ccc9c(-c%10nc(-n%11c%12ccccc%12c%12cc%13c%14c%15ccccc%15ccc%14n%14c%15ccccc%15c(c%12%11)c%13%14)c%11ccccc%11n%10)cc%10ccccc%10c9c8)cc7ccc6n6c7ccccc7c(c43)c56)nc3c2sc2ccccc23)cc1. The van der Waals surface area contributed by atoms with Crippen molar-refractivity contribution in [1.82, 2.24) is 37.9 Å². The van der Waals surface area contributed by atoms with Crippen LogP contribution in [-0.4, -0.2) is 37.9 Å². The molecule has 9 heterocycles. The molecule has 0 amide bonds. The summed E-state index contributed by atoms with van der Waals surface area (Å²) in [5.74, 6) is 2.19. The fraction of sp³-hybridized carbons (Fsp3) is 0. The van der Waals surface area contributed by atoms with Gasteiger partial charge in [-0.3, -0.25) is 9.13 Å². The van der Waals surface area contributed by atoms with E-state index < -0.39 is 0 Å². The number of nitrogens with zero attached hydrogens (tertiary/aromatic N) is 8. The number of benzene rings is 16. The van der Waals surface area contributed by atoms with Gasteiger partial charge in [-0.15, -0.1) is 11.3 Å². The summed E-state index contributed by atoms with van der Waals surface area (Å²) >= 11 is 1.77. The Labute approximate surface area is 588 Å². The van der Waals surface area contributed by atoms with E-state index in [1.54, 1.807) is 11.3 Å². The van der Waals surface area contributed by atoms with Crippen molar-refractivity contribution in [1.29, 1.82) is 0 Å². The second-order valence-corrected chi connectivity index (χ2v) is 28.9. The molecule has 25 aromatic rings. The summed E-state index contributed by atoms with van der Waals surface area (Å²) in [4.78, 5) is 22.7. The summed E-state index contributed by atoms with van der Waals surface area (Å²) in [5.41, 5.74) is 18.7. The molecule has 0 aliphatic heterocycles. The van der Waals surface area contributed by atoms with Crippen molar-refractivity contribution >= 4 is 205 Å². The Balaban J connectivity index is 0.684. The minimum atomic E-state index is 0.660. The normalized spacial score (nSPS) is 12.7. The first-order chi connectivity index (χ1) is 51.1. The highest BCUT2D eigenvalue weighted by Crippen LogP contribution is 2.52. The molecule has 16 aromatic carbocycles. The summed E-state index contributed by atoms with van der Waals surface area (Å²) < 4.78 is 12.1. The lowest BCUT2D eigenvalue weighted by Crippen LogP contribution is -2.03. The fourth-order valence-electron chi connectivity index (χ4n) is 18.5. The molecule has 0 fully saturated rings. The van der Waals surface area contributed by atoms with E-state index in [0.29, 0.717) is 11.8 Å². The van der Waals surface area contributed by atoms with Crippen LogP contribution in [0.1, 0.15) is 0 Å². The lowest BCUT2D eigenvalue weighted by atomic mass is 9.92. The Morgan fingerprint density at radius 2 is 0.786 bits per heavy atom. The van der Waals surface area contributed by atoms with Gasteiger partial charge in [0.15, 0.2) is 5.82 Å². The molecule has 0 bridgehead atoms. The molecule has 0 aliphatic carbocycles. The number of hydrogen-bond donors (Lipinski definition) is 0. The van der Waals surface area contributed by atoms with Gasteiger partial charge in [-0.2, -0.15) is 0 Å². The van der Waals surface area contributed by atoms with E-state index in [-0.39, 0.29) is 0 Å². The van der Waals surface area contributed by atoms with E-state index in [4.69, 9.17) is 19.9 Å². The van der Waals surface area contributed by atoms with Crippen LogP contribution in [0.25, 0.3) is 240 Å². The Morgan fingerprint density at radius 3 is 1.50 bits per heavy atom. The van der Waals surface area contributed by atoms with Crippen LogP contribution in [-0.2, 0) is 0 Å². The molecule has 8 nitrogen and oxygen atoms in total. The van der Waals surface area contributed by atoms with E-state index in [1.807, 2.05) is 0 Å². The molecule has 0 atom stereocenters. The van der Waals surface area contributed by atoms with Gasteiger partial charge in [-0.25, -0.2) is 19.9 Å². The van der Waals surface area contributed by atoms with Gasteiger partial charge in [-0.1, -0.05) is 218 Å². The predicted molar refractivity (Wildman–Crippen MR) is 432 cm³/mol. The van der Waals surface area contributed by atoms with Gasteiger partial charge in [0.2, 0.25) is 5.95 Å². The zero-order chi connectivity index (χ0) is 66.6.